The van der Waals surface area contributed by atoms with Crippen molar-refractivity contribution >= 4 is 21.6 Å². The average Bonchev–Trinajstić information content (AvgIpc) is 2.70. The van der Waals surface area contributed by atoms with Crippen LogP contribution >= 0.6 is 0 Å². The molecule has 1 aromatic rings. The van der Waals surface area contributed by atoms with Gasteiger partial charge in [0, 0.05) is 19.2 Å². The summed E-state index contributed by atoms with van der Waals surface area (Å²) in [6.45, 7) is 1.83. The van der Waals surface area contributed by atoms with E-state index in [0.717, 1.165) is 5.56 Å². The minimum Gasteiger partial charge on any atom is -0.480 e. The zero-order chi connectivity index (χ0) is 14.2. The molecule has 19 heavy (non-hydrogen) atoms. The zero-order valence-corrected chi connectivity index (χ0v) is 11.5. The van der Waals surface area contributed by atoms with Gasteiger partial charge in [0.25, 0.3) is 0 Å². The van der Waals surface area contributed by atoms with E-state index in [1.165, 1.54) is 12.0 Å². The molecule has 1 fully saturated rings. The minimum absolute atomic E-state index is 0.0283. The molecule has 104 valence electrons. The Bertz CT molecular complexity index is 614. The number of hydrogen-bond donors (Lipinski definition) is 1. The first-order chi connectivity index (χ1) is 8.84. The molecule has 0 saturated carbocycles. The molecule has 8 heteroatoms. The van der Waals surface area contributed by atoms with E-state index in [1.807, 2.05) is 0 Å². The van der Waals surface area contributed by atoms with Crippen LogP contribution in [0.2, 0.25) is 0 Å². The molecule has 0 spiro atoms. The highest BCUT2D eigenvalue weighted by molar-refractivity contribution is 7.89. The Balaban J connectivity index is 2.41. The molecule has 1 aromatic heterocycles. The number of sulfonamides is 1. The number of primary sulfonamides is 1. The second kappa shape index (κ2) is 4.78. The number of rotatable bonds is 3. The lowest BCUT2D eigenvalue weighted by molar-refractivity contribution is -0.117. The van der Waals surface area contributed by atoms with Crippen LogP contribution in [0.3, 0.4) is 0 Å². The van der Waals surface area contributed by atoms with Gasteiger partial charge in [-0.1, -0.05) is 0 Å². The van der Waals surface area contributed by atoms with Crippen molar-refractivity contribution in [3.8, 4) is 5.88 Å². The van der Waals surface area contributed by atoms with Crippen LogP contribution < -0.4 is 14.8 Å². The number of aryl methyl sites for hydroxylation is 1. The standard InChI is InChI=1S/C11H15N3O4S/c1-7-3-4-13-11(18-2)10(7)14-6-8(5-9(14)15)19(12,16)17/h3-4,8H,5-6H2,1-2H3,(H2,12,16,17). The molecule has 1 unspecified atom stereocenters. The fourth-order valence-corrected chi connectivity index (χ4v) is 2.85. The van der Waals surface area contributed by atoms with Gasteiger partial charge in [0.2, 0.25) is 21.8 Å². The first-order valence-corrected chi connectivity index (χ1v) is 7.27. The molecular formula is C11H15N3O4S. The van der Waals surface area contributed by atoms with Gasteiger partial charge >= 0.3 is 0 Å². The summed E-state index contributed by atoms with van der Waals surface area (Å²) in [6, 6.07) is 1.73. The van der Waals surface area contributed by atoms with Crippen LogP contribution in [0.1, 0.15) is 12.0 Å². The smallest absolute Gasteiger partial charge is 0.237 e. The Hall–Kier alpha value is -1.67. The molecule has 2 rings (SSSR count). The number of aromatic nitrogens is 1. The van der Waals surface area contributed by atoms with Crippen molar-refractivity contribution in [1.82, 2.24) is 4.98 Å². The number of carbonyl (C=O) groups excluding carboxylic acids is 1. The number of pyridine rings is 1. The highest BCUT2D eigenvalue weighted by Gasteiger charge is 2.38. The van der Waals surface area contributed by atoms with Gasteiger partial charge in [0.1, 0.15) is 10.9 Å². The Kier molecular flexibility index (Phi) is 3.46. The first kappa shape index (κ1) is 13.8. The lowest BCUT2D eigenvalue weighted by Gasteiger charge is -2.20. The number of amides is 1. The fraction of sp³-hybridized carbons (Fsp3) is 0.455. The number of ether oxygens (including phenoxy) is 1. The Morgan fingerprint density at radius 1 is 1.53 bits per heavy atom. The topological polar surface area (TPSA) is 103 Å². The van der Waals surface area contributed by atoms with Gasteiger partial charge in [-0.05, 0) is 18.6 Å². The molecule has 1 atom stereocenters. The van der Waals surface area contributed by atoms with E-state index in [9.17, 15) is 13.2 Å². The summed E-state index contributed by atoms with van der Waals surface area (Å²) in [5, 5.41) is 4.21. The molecule has 0 aliphatic carbocycles. The molecule has 0 radical (unpaired) electrons. The summed E-state index contributed by atoms with van der Waals surface area (Å²) in [5.41, 5.74) is 1.29. The molecule has 1 saturated heterocycles. The molecule has 2 N–H and O–H groups in total. The van der Waals surface area contributed by atoms with E-state index in [-0.39, 0.29) is 18.9 Å². The summed E-state index contributed by atoms with van der Waals surface area (Å²) in [6.07, 6.45) is 1.45. The Morgan fingerprint density at radius 3 is 2.74 bits per heavy atom. The van der Waals surface area contributed by atoms with Crippen molar-refractivity contribution in [1.29, 1.82) is 0 Å². The van der Waals surface area contributed by atoms with Crippen molar-refractivity contribution in [2.24, 2.45) is 5.14 Å². The summed E-state index contributed by atoms with van der Waals surface area (Å²) >= 11 is 0. The summed E-state index contributed by atoms with van der Waals surface area (Å²) in [5.74, 6) is -0.00292. The number of nitrogens with zero attached hydrogens (tertiary/aromatic N) is 2. The predicted octanol–water partition coefficient (Wildman–Crippen LogP) is -0.208. The normalized spacial score (nSPS) is 19.8. The quantitative estimate of drug-likeness (QED) is 0.828. The monoisotopic (exact) mass is 285 g/mol. The second-order valence-corrected chi connectivity index (χ2v) is 6.25. The van der Waals surface area contributed by atoms with Gasteiger partial charge in [-0.25, -0.2) is 18.5 Å². The highest BCUT2D eigenvalue weighted by atomic mass is 32.2. The highest BCUT2D eigenvalue weighted by Crippen LogP contribution is 2.33. The first-order valence-electron chi connectivity index (χ1n) is 5.66. The van der Waals surface area contributed by atoms with E-state index < -0.39 is 15.3 Å². The average molecular weight is 285 g/mol. The lowest BCUT2D eigenvalue weighted by Crippen LogP contribution is -2.32. The molecule has 1 aliphatic heterocycles. The van der Waals surface area contributed by atoms with E-state index >= 15 is 0 Å². The van der Waals surface area contributed by atoms with Crippen LogP contribution in [0.15, 0.2) is 12.3 Å². The predicted molar refractivity (Wildman–Crippen MR) is 69.4 cm³/mol. The van der Waals surface area contributed by atoms with Crippen LogP contribution in [-0.4, -0.2) is 38.2 Å². The maximum Gasteiger partial charge on any atom is 0.237 e. The Labute approximate surface area is 111 Å². The van der Waals surface area contributed by atoms with Crippen LogP contribution in [0.25, 0.3) is 0 Å². The van der Waals surface area contributed by atoms with Crippen LogP contribution in [-0.2, 0) is 14.8 Å². The number of carbonyl (C=O) groups is 1. The van der Waals surface area contributed by atoms with Gasteiger partial charge < -0.3 is 9.64 Å². The molecule has 0 aromatic carbocycles. The van der Waals surface area contributed by atoms with E-state index in [0.29, 0.717) is 11.6 Å². The van der Waals surface area contributed by atoms with Crippen molar-refractivity contribution < 1.29 is 17.9 Å². The van der Waals surface area contributed by atoms with Crippen LogP contribution in [0.5, 0.6) is 5.88 Å². The summed E-state index contributed by atoms with van der Waals surface area (Å²) < 4.78 is 27.8. The third-order valence-electron chi connectivity index (χ3n) is 3.11. The van der Waals surface area contributed by atoms with Crippen LogP contribution in [0, 0.1) is 6.92 Å². The molecule has 1 amide bonds. The molecule has 1 aliphatic rings. The van der Waals surface area contributed by atoms with E-state index in [2.05, 4.69) is 4.98 Å². The molecule has 7 nitrogen and oxygen atoms in total. The van der Waals surface area contributed by atoms with Gasteiger partial charge in [0.05, 0.1) is 7.11 Å². The molecule has 2 heterocycles. The van der Waals surface area contributed by atoms with Crippen molar-refractivity contribution in [3.63, 3.8) is 0 Å². The zero-order valence-electron chi connectivity index (χ0n) is 10.7. The van der Waals surface area contributed by atoms with E-state index in [4.69, 9.17) is 9.88 Å². The Morgan fingerprint density at radius 2 is 2.21 bits per heavy atom. The van der Waals surface area contributed by atoms with Crippen LogP contribution in [0.4, 0.5) is 5.69 Å². The third kappa shape index (κ3) is 2.54. The molecular weight excluding hydrogens is 270 g/mol. The van der Waals surface area contributed by atoms with Crippen molar-refractivity contribution in [3.05, 3.63) is 17.8 Å². The van der Waals surface area contributed by atoms with Crippen molar-refractivity contribution in [2.45, 2.75) is 18.6 Å². The molecule has 0 bridgehead atoms. The van der Waals surface area contributed by atoms with Gasteiger partial charge in [-0.15, -0.1) is 0 Å². The number of methoxy groups -OCH3 is 1. The third-order valence-corrected chi connectivity index (χ3v) is 4.35. The lowest BCUT2D eigenvalue weighted by atomic mass is 10.2. The van der Waals surface area contributed by atoms with Gasteiger partial charge in [-0.3, -0.25) is 4.79 Å². The van der Waals surface area contributed by atoms with Gasteiger partial charge in [-0.2, -0.15) is 0 Å². The fourth-order valence-electron chi connectivity index (χ4n) is 2.11. The number of anilines is 1. The maximum absolute atomic E-state index is 12.0. The minimum atomic E-state index is -3.73. The number of nitrogens with two attached hydrogens (primary N) is 1. The maximum atomic E-state index is 12.0. The second-order valence-electron chi connectivity index (χ2n) is 4.41. The van der Waals surface area contributed by atoms with Crippen molar-refractivity contribution in [2.75, 3.05) is 18.6 Å². The summed E-state index contributed by atoms with van der Waals surface area (Å²) in [4.78, 5) is 17.4. The van der Waals surface area contributed by atoms with Gasteiger partial charge in [0.15, 0.2) is 0 Å². The largest absolute Gasteiger partial charge is 0.480 e. The number of hydrogen-bond acceptors (Lipinski definition) is 5. The summed E-state index contributed by atoms with van der Waals surface area (Å²) in [7, 11) is -2.29. The SMILES string of the molecule is COc1nccc(C)c1N1CC(S(N)(=O)=O)CC1=O. The van der Waals surface area contributed by atoms with E-state index in [1.54, 1.807) is 19.2 Å².